The number of aliphatic hydroxyl groups is 1. The third kappa shape index (κ3) is 7.11. The highest BCUT2D eigenvalue weighted by Crippen LogP contribution is 2.31. The van der Waals surface area contributed by atoms with Gasteiger partial charge in [0, 0.05) is 13.1 Å². The van der Waals surface area contributed by atoms with Crippen molar-refractivity contribution < 1.29 is 45.8 Å². The summed E-state index contributed by atoms with van der Waals surface area (Å²) in [6.45, 7) is 0.438. The Bertz CT molecular complexity index is 1290. The van der Waals surface area contributed by atoms with Gasteiger partial charge in [0.2, 0.25) is 0 Å². The molecule has 1 saturated heterocycles. The largest absolute Gasteiger partial charge is 0.465 e. The van der Waals surface area contributed by atoms with Crippen LogP contribution in [-0.4, -0.2) is 60.1 Å². The van der Waals surface area contributed by atoms with Crippen LogP contribution in [0, 0.1) is 5.41 Å². The normalized spacial score (nSPS) is 17.6. The van der Waals surface area contributed by atoms with Crippen molar-refractivity contribution in [2.24, 2.45) is 0 Å². The summed E-state index contributed by atoms with van der Waals surface area (Å²) in [5.74, 6) is -2.34. The number of nitrogens with zero attached hydrogens (tertiary/aromatic N) is 1. The number of methoxy groups -OCH3 is 1. The van der Waals surface area contributed by atoms with Crippen molar-refractivity contribution in [3.05, 3.63) is 82.2 Å². The number of aliphatic hydroxyl groups excluding tert-OH is 1. The minimum atomic E-state index is -5.24. The fraction of sp³-hybridized carbons (Fsp3) is 0.346. The summed E-state index contributed by atoms with van der Waals surface area (Å²) in [4.78, 5) is 26.1. The highest BCUT2D eigenvalue weighted by Gasteiger charge is 2.43. The van der Waals surface area contributed by atoms with Gasteiger partial charge in [0.1, 0.15) is 11.4 Å². The molecule has 1 heterocycles. The quantitative estimate of drug-likeness (QED) is 0.165. The second kappa shape index (κ2) is 12.0. The number of rotatable bonds is 8. The lowest BCUT2D eigenvalue weighted by atomic mass is 10.0. The summed E-state index contributed by atoms with van der Waals surface area (Å²) < 4.78 is 85.4. The lowest BCUT2D eigenvalue weighted by Gasteiger charge is -2.24. The molecule has 0 bridgehead atoms. The topological polar surface area (TPSA) is 115 Å². The molecule has 216 valence electrons. The van der Waals surface area contributed by atoms with Crippen molar-refractivity contribution in [1.29, 1.82) is 5.41 Å². The number of alkyl halides is 6. The van der Waals surface area contributed by atoms with Gasteiger partial charge in [-0.15, -0.1) is 0 Å². The molecule has 1 fully saturated rings. The predicted molar refractivity (Wildman–Crippen MR) is 131 cm³/mol. The zero-order valence-corrected chi connectivity index (χ0v) is 21.3. The number of carbonyl (C=O) groups is 2. The average Bonchev–Trinajstić information content (AvgIpc) is 3.29. The van der Waals surface area contributed by atoms with E-state index in [4.69, 9.17) is 5.41 Å². The molecule has 0 aromatic heterocycles. The molecule has 1 amide bonds. The number of hydrogen-bond acceptors (Lipinski definition) is 7. The predicted octanol–water partition coefficient (Wildman–Crippen LogP) is 3.93. The van der Waals surface area contributed by atoms with E-state index in [2.05, 4.69) is 15.4 Å². The molecule has 2 aromatic rings. The van der Waals surface area contributed by atoms with E-state index in [1.165, 1.54) is 49.3 Å². The summed E-state index contributed by atoms with van der Waals surface area (Å²) in [6.07, 6.45) is -9.90. The molecule has 14 heteroatoms. The van der Waals surface area contributed by atoms with Crippen molar-refractivity contribution >= 4 is 17.6 Å². The fourth-order valence-corrected chi connectivity index (χ4v) is 4.09. The van der Waals surface area contributed by atoms with E-state index in [0.29, 0.717) is 5.56 Å². The van der Waals surface area contributed by atoms with Crippen LogP contribution in [0.2, 0.25) is 0 Å². The summed E-state index contributed by atoms with van der Waals surface area (Å²) in [5.41, 5.74) is -3.31. The van der Waals surface area contributed by atoms with Crippen LogP contribution in [0.1, 0.15) is 40.0 Å². The molecule has 8 nitrogen and oxygen atoms in total. The van der Waals surface area contributed by atoms with E-state index in [-0.39, 0.29) is 24.2 Å². The minimum Gasteiger partial charge on any atom is -0.465 e. The van der Waals surface area contributed by atoms with E-state index in [1.54, 1.807) is 0 Å². The summed E-state index contributed by atoms with van der Waals surface area (Å²) in [6, 6.07) is 8.18. The Morgan fingerprint density at radius 2 is 1.80 bits per heavy atom. The lowest BCUT2D eigenvalue weighted by Crippen LogP contribution is -2.39. The first kappa shape index (κ1) is 30.5. The van der Waals surface area contributed by atoms with Gasteiger partial charge in [-0.1, -0.05) is 24.3 Å². The number of hydrogen-bond donors (Lipinski definition) is 4. The van der Waals surface area contributed by atoms with Gasteiger partial charge >= 0.3 is 18.3 Å². The number of amides is 1. The van der Waals surface area contributed by atoms with Crippen molar-refractivity contribution in [2.75, 3.05) is 20.3 Å². The van der Waals surface area contributed by atoms with Gasteiger partial charge in [-0.05, 0) is 42.3 Å². The van der Waals surface area contributed by atoms with Crippen LogP contribution in [0.5, 0.6) is 0 Å². The monoisotopic (exact) mass is 572 g/mol. The molecule has 2 atom stereocenters. The van der Waals surface area contributed by atoms with E-state index in [1.807, 2.05) is 0 Å². The van der Waals surface area contributed by atoms with E-state index in [0.717, 1.165) is 18.2 Å². The molecule has 1 aliphatic heterocycles. The third-order valence-electron chi connectivity index (χ3n) is 6.12. The minimum absolute atomic E-state index is 0.0880. The molecule has 3 rings (SSSR count). The van der Waals surface area contributed by atoms with Crippen molar-refractivity contribution in [3.8, 4) is 0 Å². The van der Waals surface area contributed by atoms with Gasteiger partial charge in [0.25, 0.3) is 5.91 Å². The zero-order valence-electron chi connectivity index (χ0n) is 21.3. The maximum absolute atomic E-state index is 13.7. The summed E-state index contributed by atoms with van der Waals surface area (Å²) >= 11 is 0. The van der Waals surface area contributed by atoms with Crippen LogP contribution in [-0.2, 0) is 22.3 Å². The zero-order chi connectivity index (χ0) is 29.8. The maximum atomic E-state index is 13.7. The van der Waals surface area contributed by atoms with Crippen LogP contribution in [0.15, 0.2) is 59.9 Å². The van der Waals surface area contributed by atoms with Gasteiger partial charge in [-0.25, -0.2) is 4.79 Å². The number of benzene rings is 2. The first-order chi connectivity index (χ1) is 18.6. The van der Waals surface area contributed by atoms with Crippen LogP contribution < -0.4 is 10.6 Å². The summed E-state index contributed by atoms with van der Waals surface area (Å²) in [7, 11) is 1.19. The van der Waals surface area contributed by atoms with Crippen molar-refractivity contribution in [1.82, 2.24) is 15.5 Å². The second-order valence-electron chi connectivity index (χ2n) is 9.01. The van der Waals surface area contributed by atoms with E-state index < -0.39 is 65.6 Å². The van der Waals surface area contributed by atoms with E-state index in [9.17, 15) is 41.0 Å². The maximum Gasteiger partial charge on any atom is 0.433 e. The number of halogens is 6. The fourth-order valence-electron chi connectivity index (χ4n) is 4.09. The molecule has 1 aliphatic rings. The summed E-state index contributed by atoms with van der Waals surface area (Å²) in [5, 5.41) is 22.4. The van der Waals surface area contributed by atoms with Crippen LogP contribution in [0.3, 0.4) is 0 Å². The number of nitrogens with one attached hydrogen (secondary N) is 3. The third-order valence-corrected chi connectivity index (χ3v) is 6.12. The first-order valence-electron chi connectivity index (χ1n) is 11.8. The van der Waals surface area contributed by atoms with Crippen LogP contribution >= 0.6 is 0 Å². The Morgan fingerprint density at radius 1 is 1.15 bits per heavy atom. The van der Waals surface area contributed by atoms with Gasteiger partial charge < -0.3 is 25.4 Å². The Kier molecular flexibility index (Phi) is 9.13. The molecule has 4 N–H and O–H groups in total. The molecule has 0 saturated carbocycles. The standard InChI is InChI=1S/C26H26F6N4O4/c1-14(16-6-8-17(9-7-16)24(39)40-2)34-23(38)20(21(33)26(30,31)32)22-35-19(13-37)12-36(22)11-15-4-3-5-18(10-15)25(27,28)29/h3-10,14,19,33,35,37H,11-13H2,1-2H3,(H,34,38)/b22-20-,33-21?. The highest BCUT2D eigenvalue weighted by atomic mass is 19.4. The Balaban J connectivity index is 1.98. The molecular weight excluding hydrogens is 546 g/mol. The average molecular weight is 573 g/mol. The number of ether oxygens (including phenoxy) is 1. The second-order valence-corrected chi connectivity index (χ2v) is 9.01. The smallest absolute Gasteiger partial charge is 0.433 e. The van der Waals surface area contributed by atoms with Gasteiger partial charge in [-0.3, -0.25) is 10.2 Å². The SMILES string of the molecule is COC(=O)c1ccc(C(C)NC(=O)/C(C(=N)C(F)(F)F)=C2/NC(CO)CN2Cc2cccc(C(F)(F)F)c2)cc1. The highest BCUT2D eigenvalue weighted by molar-refractivity contribution is 6.23. The molecule has 2 aromatic carbocycles. The van der Waals surface area contributed by atoms with Gasteiger partial charge in [-0.2, -0.15) is 26.3 Å². The molecule has 40 heavy (non-hydrogen) atoms. The van der Waals surface area contributed by atoms with E-state index >= 15 is 0 Å². The number of carbonyl (C=O) groups excluding carboxylic acids is 2. The Hall–Kier alpha value is -4.07. The van der Waals surface area contributed by atoms with Crippen molar-refractivity contribution in [2.45, 2.75) is 37.9 Å². The van der Waals surface area contributed by atoms with Crippen LogP contribution in [0.25, 0.3) is 0 Å². The van der Waals surface area contributed by atoms with Gasteiger partial charge in [0.05, 0.1) is 36.9 Å². The van der Waals surface area contributed by atoms with Crippen LogP contribution in [0.4, 0.5) is 26.3 Å². The molecular formula is C26H26F6N4O4. The lowest BCUT2D eigenvalue weighted by molar-refractivity contribution is -0.137. The van der Waals surface area contributed by atoms with Gasteiger partial charge in [0.15, 0.2) is 5.71 Å². The molecule has 0 radical (unpaired) electrons. The number of esters is 1. The van der Waals surface area contributed by atoms with Crippen molar-refractivity contribution in [3.63, 3.8) is 0 Å². The first-order valence-corrected chi connectivity index (χ1v) is 11.8. The Labute approximate surface area is 225 Å². The molecule has 0 spiro atoms. The molecule has 2 unspecified atom stereocenters. The molecule has 0 aliphatic carbocycles. The Morgan fingerprint density at radius 3 is 2.35 bits per heavy atom.